The zero-order chi connectivity index (χ0) is 6.10. The quantitative estimate of drug-likeness (QED) is 0.553. The molecule has 1 heterocycles. The summed E-state index contributed by atoms with van der Waals surface area (Å²) in [6, 6.07) is 2.71. The molecule has 0 aliphatic heterocycles. The Balaban J connectivity index is 2.14. The summed E-state index contributed by atoms with van der Waals surface area (Å²) < 4.78 is 2.06. The van der Waals surface area contributed by atoms with Crippen molar-refractivity contribution >= 4 is 0 Å². The Morgan fingerprint density at radius 2 is 2.33 bits per heavy atom. The van der Waals surface area contributed by atoms with Gasteiger partial charge in [0.25, 0.3) is 0 Å². The highest BCUT2D eigenvalue weighted by molar-refractivity contribution is 4.84. The van der Waals surface area contributed by atoms with E-state index in [0.717, 1.165) is 6.04 Å². The largest absolute Gasteiger partial charge is 0.270 e. The summed E-state index contributed by atoms with van der Waals surface area (Å²) in [5.41, 5.74) is 0. The lowest BCUT2D eigenvalue weighted by atomic mass is 9.93. The van der Waals surface area contributed by atoms with Crippen molar-refractivity contribution in [1.29, 1.82) is 0 Å². The van der Waals surface area contributed by atoms with E-state index in [1.807, 2.05) is 18.5 Å². The maximum Gasteiger partial charge on any atom is 0.0519 e. The van der Waals surface area contributed by atoms with Gasteiger partial charge >= 0.3 is 0 Å². The number of aromatic nitrogens is 2. The van der Waals surface area contributed by atoms with Crippen molar-refractivity contribution in [3.8, 4) is 0 Å². The van der Waals surface area contributed by atoms with Gasteiger partial charge in [-0.05, 0) is 25.3 Å². The number of rotatable bonds is 1. The SMILES string of the molecule is c1cnn(C2CCC2)c1. The van der Waals surface area contributed by atoms with Crippen molar-refractivity contribution in [2.45, 2.75) is 25.3 Å². The molecule has 1 aromatic heterocycles. The standard InChI is InChI=1S/C7H10N2/c1-3-7(4-1)9-6-2-5-8-9/h2,5-7H,1,3-4H2. The minimum absolute atomic E-state index is 0.722. The van der Waals surface area contributed by atoms with E-state index in [9.17, 15) is 0 Å². The molecule has 2 nitrogen and oxygen atoms in total. The highest BCUT2D eigenvalue weighted by Gasteiger charge is 2.18. The molecule has 0 N–H and O–H groups in total. The Kier molecular flexibility index (Phi) is 1.04. The van der Waals surface area contributed by atoms with Crippen LogP contribution in [-0.4, -0.2) is 9.78 Å². The van der Waals surface area contributed by atoms with E-state index >= 15 is 0 Å². The summed E-state index contributed by atoms with van der Waals surface area (Å²) in [5.74, 6) is 0. The van der Waals surface area contributed by atoms with Crippen LogP contribution in [0.5, 0.6) is 0 Å². The zero-order valence-electron chi connectivity index (χ0n) is 5.33. The molecule has 0 amide bonds. The first-order valence-electron chi connectivity index (χ1n) is 3.46. The van der Waals surface area contributed by atoms with E-state index in [1.165, 1.54) is 19.3 Å². The monoisotopic (exact) mass is 122 g/mol. The highest BCUT2D eigenvalue weighted by Crippen LogP contribution is 2.30. The lowest BCUT2D eigenvalue weighted by Gasteiger charge is -2.25. The summed E-state index contributed by atoms with van der Waals surface area (Å²) in [7, 11) is 0. The normalized spacial score (nSPS) is 19.6. The third-order valence-electron chi connectivity index (χ3n) is 1.97. The molecule has 0 spiro atoms. The molecule has 0 atom stereocenters. The molecule has 0 bridgehead atoms. The van der Waals surface area contributed by atoms with Gasteiger partial charge in [-0.15, -0.1) is 0 Å². The van der Waals surface area contributed by atoms with Crippen molar-refractivity contribution < 1.29 is 0 Å². The molecule has 1 aromatic rings. The summed E-state index contributed by atoms with van der Waals surface area (Å²) in [6.07, 6.45) is 7.91. The molecule has 0 aromatic carbocycles. The molecule has 0 saturated heterocycles. The van der Waals surface area contributed by atoms with Gasteiger partial charge in [0.05, 0.1) is 6.04 Å². The van der Waals surface area contributed by atoms with Crippen LogP contribution in [0.25, 0.3) is 0 Å². The zero-order valence-corrected chi connectivity index (χ0v) is 5.33. The fourth-order valence-corrected chi connectivity index (χ4v) is 1.15. The maximum atomic E-state index is 4.15. The minimum atomic E-state index is 0.722. The molecule has 1 aliphatic carbocycles. The van der Waals surface area contributed by atoms with Crippen LogP contribution in [0.2, 0.25) is 0 Å². The van der Waals surface area contributed by atoms with Gasteiger partial charge < -0.3 is 0 Å². The van der Waals surface area contributed by atoms with Gasteiger partial charge in [0.15, 0.2) is 0 Å². The summed E-state index contributed by atoms with van der Waals surface area (Å²) >= 11 is 0. The van der Waals surface area contributed by atoms with E-state index in [1.54, 1.807) is 0 Å². The molecular weight excluding hydrogens is 112 g/mol. The number of hydrogen-bond acceptors (Lipinski definition) is 1. The van der Waals surface area contributed by atoms with Crippen molar-refractivity contribution in [1.82, 2.24) is 9.78 Å². The average Bonchev–Trinajstić information content (AvgIpc) is 2.11. The second-order valence-electron chi connectivity index (χ2n) is 2.57. The number of nitrogens with zero attached hydrogens (tertiary/aromatic N) is 2. The van der Waals surface area contributed by atoms with Crippen LogP contribution in [0.15, 0.2) is 18.5 Å². The fraction of sp³-hybridized carbons (Fsp3) is 0.571. The van der Waals surface area contributed by atoms with Crippen LogP contribution in [0, 0.1) is 0 Å². The Morgan fingerprint density at radius 3 is 2.78 bits per heavy atom. The van der Waals surface area contributed by atoms with Crippen LogP contribution in [0.4, 0.5) is 0 Å². The topological polar surface area (TPSA) is 17.8 Å². The maximum absolute atomic E-state index is 4.15. The molecule has 1 fully saturated rings. The Morgan fingerprint density at radius 1 is 1.44 bits per heavy atom. The smallest absolute Gasteiger partial charge is 0.0519 e. The second kappa shape index (κ2) is 1.87. The van der Waals surface area contributed by atoms with Crippen LogP contribution >= 0.6 is 0 Å². The molecule has 9 heavy (non-hydrogen) atoms. The van der Waals surface area contributed by atoms with Gasteiger partial charge in [-0.25, -0.2) is 0 Å². The first kappa shape index (κ1) is 5.03. The minimum Gasteiger partial charge on any atom is -0.270 e. The van der Waals surface area contributed by atoms with Crippen LogP contribution in [-0.2, 0) is 0 Å². The molecule has 1 saturated carbocycles. The van der Waals surface area contributed by atoms with Crippen molar-refractivity contribution in [2.75, 3.05) is 0 Å². The van der Waals surface area contributed by atoms with E-state index < -0.39 is 0 Å². The molecule has 2 rings (SSSR count). The molecule has 2 heteroatoms. The van der Waals surface area contributed by atoms with Gasteiger partial charge in [-0.2, -0.15) is 5.10 Å². The first-order valence-corrected chi connectivity index (χ1v) is 3.46. The predicted octanol–water partition coefficient (Wildman–Crippen LogP) is 1.61. The van der Waals surface area contributed by atoms with Gasteiger partial charge in [0, 0.05) is 12.4 Å². The fourth-order valence-electron chi connectivity index (χ4n) is 1.15. The van der Waals surface area contributed by atoms with Crippen LogP contribution in [0.3, 0.4) is 0 Å². The molecule has 1 aliphatic rings. The van der Waals surface area contributed by atoms with Crippen molar-refractivity contribution in [2.24, 2.45) is 0 Å². The van der Waals surface area contributed by atoms with E-state index in [-0.39, 0.29) is 0 Å². The Bertz CT molecular complexity index is 175. The molecule has 0 radical (unpaired) electrons. The predicted molar refractivity (Wildman–Crippen MR) is 35.1 cm³/mol. The first-order chi connectivity index (χ1) is 4.47. The van der Waals surface area contributed by atoms with Crippen LogP contribution < -0.4 is 0 Å². The Labute approximate surface area is 54.5 Å². The summed E-state index contributed by atoms with van der Waals surface area (Å²) in [4.78, 5) is 0. The molecular formula is C7H10N2. The lowest BCUT2D eigenvalue weighted by Crippen LogP contribution is -2.16. The summed E-state index contributed by atoms with van der Waals surface area (Å²) in [6.45, 7) is 0. The van der Waals surface area contributed by atoms with Crippen molar-refractivity contribution in [3.05, 3.63) is 18.5 Å². The van der Waals surface area contributed by atoms with E-state index in [4.69, 9.17) is 0 Å². The second-order valence-corrected chi connectivity index (χ2v) is 2.57. The van der Waals surface area contributed by atoms with Crippen molar-refractivity contribution in [3.63, 3.8) is 0 Å². The lowest BCUT2D eigenvalue weighted by molar-refractivity contribution is 0.289. The van der Waals surface area contributed by atoms with Gasteiger partial charge in [0.2, 0.25) is 0 Å². The summed E-state index contributed by atoms with van der Waals surface area (Å²) in [5, 5.41) is 4.15. The van der Waals surface area contributed by atoms with Crippen LogP contribution in [0.1, 0.15) is 25.3 Å². The Hall–Kier alpha value is -0.790. The molecule has 0 unspecified atom stereocenters. The average molecular weight is 122 g/mol. The van der Waals surface area contributed by atoms with E-state index in [2.05, 4.69) is 9.78 Å². The number of hydrogen-bond donors (Lipinski definition) is 0. The van der Waals surface area contributed by atoms with E-state index in [0.29, 0.717) is 0 Å². The third-order valence-corrected chi connectivity index (χ3v) is 1.97. The van der Waals surface area contributed by atoms with Gasteiger partial charge in [-0.1, -0.05) is 0 Å². The van der Waals surface area contributed by atoms with Gasteiger partial charge in [-0.3, -0.25) is 4.68 Å². The highest BCUT2D eigenvalue weighted by atomic mass is 15.3. The van der Waals surface area contributed by atoms with Gasteiger partial charge in [0.1, 0.15) is 0 Å². The third kappa shape index (κ3) is 0.745. The molecule has 48 valence electrons.